The van der Waals surface area contributed by atoms with Gasteiger partial charge in [0.25, 0.3) is 0 Å². The summed E-state index contributed by atoms with van der Waals surface area (Å²) in [5, 5.41) is 0. The molecule has 2 heteroatoms. The SMILES string of the molecule is C1CCC(CCC2OCCCO2)CC1. The van der Waals surface area contributed by atoms with E-state index in [0.717, 1.165) is 32.0 Å². The standard InChI is InChI=1S/C12H22O2/c1-2-5-11(6-3-1)7-8-12-13-9-4-10-14-12/h11-12H,1-10H2. The first kappa shape index (κ1) is 10.4. The second-order valence-electron chi connectivity index (χ2n) is 4.61. The summed E-state index contributed by atoms with van der Waals surface area (Å²) in [6.07, 6.45) is 10.8. The van der Waals surface area contributed by atoms with Crippen molar-refractivity contribution in [2.24, 2.45) is 5.92 Å². The first-order valence-corrected chi connectivity index (χ1v) is 6.18. The van der Waals surface area contributed by atoms with Crippen LogP contribution in [0.5, 0.6) is 0 Å². The van der Waals surface area contributed by atoms with Crippen molar-refractivity contribution in [2.45, 2.75) is 57.7 Å². The molecule has 14 heavy (non-hydrogen) atoms. The quantitative estimate of drug-likeness (QED) is 0.693. The molecule has 0 atom stereocenters. The lowest BCUT2D eigenvalue weighted by molar-refractivity contribution is -0.182. The number of hydrogen-bond donors (Lipinski definition) is 0. The summed E-state index contributed by atoms with van der Waals surface area (Å²) in [4.78, 5) is 0. The molecule has 82 valence electrons. The lowest BCUT2D eigenvalue weighted by atomic mass is 9.86. The molecule has 1 heterocycles. The van der Waals surface area contributed by atoms with E-state index in [1.54, 1.807) is 0 Å². The Balaban J connectivity index is 1.60. The summed E-state index contributed by atoms with van der Waals surface area (Å²) < 4.78 is 11.1. The molecule has 1 aliphatic heterocycles. The second-order valence-corrected chi connectivity index (χ2v) is 4.61. The number of rotatable bonds is 3. The van der Waals surface area contributed by atoms with Gasteiger partial charge in [0.2, 0.25) is 0 Å². The minimum absolute atomic E-state index is 0.116. The third-order valence-electron chi connectivity index (χ3n) is 3.43. The van der Waals surface area contributed by atoms with Gasteiger partial charge < -0.3 is 9.47 Å². The summed E-state index contributed by atoms with van der Waals surface area (Å²) in [6, 6.07) is 0. The van der Waals surface area contributed by atoms with Gasteiger partial charge in [0.05, 0.1) is 13.2 Å². The molecule has 0 spiro atoms. The summed E-state index contributed by atoms with van der Waals surface area (Å²) in [5.74, 6) is 0.956. The largest absolute Gasteiger partial charge is 0.353 e. The van der Waals surface area contributed by atoms with Crippen molar-refractivity contribution in [1.82, 2.24) is 0 Å². The zero-order valence-electron chi connectivity index (χ0n) is 9.04. The molecule has 0 N–H and O–H groups in total. The highest BCUT2D eigenvalue weighted by atomic mass is 16.7. The highest BCUT2D eigenvalue weighted by molar-refractivity contribution is 4.67. The zero-order valence-corrected chi connectivity index (χ0v) is 9.04. The molecule has 1 aliphatic carbocycles. The van der Waals surface area contributed by atoms with Crippen LogP contribution in [-0.2, 0) is 9.47 Å². The molecule has 2 aliphatic rings. The highest BCUT2D eigenvalue weighted by Gasteiger charge is 2.18. The van der Waals surface area contributed by atoms with E-state index in [2.05, 4.69) is 0 Å². The van der Waals surface area contributed by atoms with Crippen molar-refractivity contribution >= 4 is 0 Å². The van der Waals surface area contributed by atoms with Gasteiger partial charge in [-0.15, -0.1) is 0 Å². The smallest absolute Gasteiger partial charge is 0.157 e. The molecule has 0 unspecified atom stereocenters. The van der Waals surface area contributed by atoms with Gasteiger partial charge in [-0.05, 0) is 25.2 Å². The van der Waals surface area contributed by atoms with E-state index in [4.69, 9.17) is 9.47 Å². The predicted octanol–water partition coefficient (Wildman–Crippen LogP) is 3.11. The maximum atomic E-state index is 5.55. The van der Waals surface area contributed by atoms with Crippen molar-refractivity contribution in [3.05, 3.63) is 0 Å². The molecule has 1 saturated carbocycles. The van der Waals surface area contributed by atoms with Crippen LogP contribution >= 0.6 is 0 Å². The number of hydrogen-bond acceptors (Lipinski definition) is 2. The minimum Gasteiger partial charge on any atom is -0.353 e. The Bertz CT molecular complexity index is 128. The Morgan fingerprint density at radius 1 is 0.786 bits per heavy atom. The minimum atomic E-state index is 0.116. The van der Waals surface area contributed by atoms with Crippen LogP contribution < -0.4 is 0 Å². The van der Waals surface area contributed by atoms with Crippen LogP contribution in [0.25, 0.3) is 0 Å². The van der Waals surface area contributed by atoms with Crippen LogP contribution in [0.4, 0.5) is 0 Å². The molecule has 2 fully saturated rings. The van der Waals surface area contributed by atoms with Crippen molar-refractivity contribution in [2.75, 3.05) is 13.2 Å². The summed E-state index contributed by atoms with van der Waals surface area (Å²) in [6.45, 7) is 1.80. The third-order valence-corrected chi connectivity index (χ3v) is 3.43. The maximum absolute atomic E-state index is 5.55. The fourth-order valence-corrected chi connectivity index (χ4v) is 2.55. The lowest BCUT2D eigenvalue weighted by Gasteiger charge is -2.26. The van der Waals surface area contributed by atoms with Gasteiger partial charge in [0, 0.05) is 0 Å². The van der Waals surface area contributed by atoms with E-state index in [0.29, 0.717) is 0 Å². The Kier molecular flexibility index (Phi) is 4.26. The van der Waals surface area contributed by atoms with E-state index < -0.39 is 0 Å². The van der Waals surface area contributed by atoms with Crippen molar-refractivity contribution in [3.63, 3.8) is 0 Å². The van der Waals surface area contributed by atoms with Gasteiger partial charge in [-0.3, -0.25) is 0 Å². The molecule has 0 aromatic rings. The molecule has 1 saturated heterocycles. The van der Waals surface area contributed by atoms with Crippen LogP contribution in [0.1, 0.15) is 51.4 Å². The normalized spacial score (nSPS) is 26.6. The molecule has 2 rings (SSSR count). The molecular weight excluding hydrogens is 176 g/mol. The first-order chi connectivity index (χ1) is 6.95. The molecular formula is C12H22O2. The lowest BCUT2D eigenvalue weighted by Crippen LogP contribution is -2.25. The topological polar surface area (TPSA) is 18.5 Å². The molecule has 0 bridgehead atoms. The van der Waals surface area contributed by atoms with Gasteiger partial charge in [-0.1, -0.05) is 32.1 Å². The summed E-state index contributed by atoms with van der Waals surface area (Å²) in [7, 11) is 0. The average Bonchev–Trinajstić information content (AvgIpc) is 2.29. The van der Waals surface area contributed by atoms with E-state index in [9.17, 15) is 0 Å². The zero-order chi connectivity index (χ0) is 9.64. The van der Waals surface area contributed by atoms with Crippen LogP contribution in [0.15, 0.2) is 0 Å². The second kappa shape index (κ2) is 5.72. The molecule has 0 radical (unpaired) electrons. The number of ether oxygens (including phenoxy) is 2. The maximum Gasteiger partial charge on any atom is 0.157 e. The van der Waals surface area contributed by atoms with Gasteiger partial charge in [-0.2, -0.15) is 0 Å². The monoisotopic (exact) mass is 198 g/mol. The Labute approximate surface area is 87.0 Å². The van der Waals surface area contributed by atoms with Crippen LogP contribution in [-0.4, -0.2) is 19.5 Å². The predicted molar refractivity (Wildman–Crippen MR) is 56.1 cm³/mol. The summed E-state index contributed by atoms with van der Waals surface area (Å²) in [5.41, 5.74) is 0. The van der Waals surface area contributed by atoms with Gasteiger partial charge in [0.1, 0.15) is 0 Å². The average molecular weight is 198 g/mol. The van der Waals surface area contributed by atoms with E-state index in [1.165, 1.54) is 38.5 Å². The van der Waals surface area contributed by atoms with Gasteiger partial charge in [-0.25, -0.2) is 0 Å². The van der Waals surface area contributed by atoms with Crippen molar-refractivity contribution in [1.29, 1.82) is 0 Å². The third kappa shape index (κ3) is 3.25. The Morgan fingerprint density at radius 3 is 2.21 bits per heavy atom. The molecule has 0 amide bonds. The molecule has 2 nitrogen and oxygen atoms in total. The fraction of sp³-hybridized carbons (Fsp3) is 1.00. The van der Waals surface area contributed by atoms with E-state index >= 15 is 0 Å². The highest BCUT2D eigenvalue weighted by Crippen LogP contribution is 2.28. The van der Waals surface area contributed by atoms with Crippen molar-refractivity contribution in [3.8, 4) is 0 Å². The summed E-state index contributed by atoms with van der Waals surface area (Å²) >= 11 is 0. The van der Waals surface area contributed by atoms with Gasteiger partial charge >= 0.3 is 0 Å². The van der Waals surface area contributed by atoms with Gasteiger partial charge in [0.15, 0.2) is 6.29 Å². The Hall–Kier alpha value is -0.0800. The van der Waals surface area contributed by atoms with Crippen LogP contribution in [0.2, 0.25) is 0 Å². The molecule has 0 aromatic heterocycles. The van der Waals surface area contributed by atoms with Crippen LogP contribution in [0.3, 0.4) is 0 Å². The van der Waals surface area contributed by atoms with E-state index in [1.807, 2.05) is 0 Å². The fourth-order valence-electron chi connectivity index (χ4n) is 2.55. The Morgan fingerprint density at radius 2 is 1.50 bits per heavy atom. The van der Waals surface area contributed by atoms with E-state index in [-0.39, 0.29) is 6.29 Å². The van der Waals surface area contributed by atoms with Crippen molar-refractivity contribution < 1.29 is 9.47 Å². The first-order valence-electron chi connectivity index (χ1n) is 6.18. The van der Waals surface area contributed by atoms with Crippen LogP contribution in [0, 0.1) is 5.92 Å². The molecule has 0 aromatic carbocycles.